The molecule has 0 aromatic heterocycles. The highest BCUT2D eigenvalue weighted by molar-refractivity contribution is 7.89. The molecule has 1 aromatic carbocycles. The maximum atomic E-state index is 12.3. The monoisotopic (exact) mass is 296 g/mol. The van der Waals surface area contributed by atoms with Crippen LogP contribution in [0.5, 0.6) is 0 Å². The Labute approximate surface area is 119 Å². The molecule has 0 saturated carbocycles. The maximum Gasteiger partial charge on any atom is 0.240 e. The Morgan fingerprint density at radius 2 is 2.00 bits per heavy atom. The molecule has 2 fully saturated rings. The van der Waals surface area contributed by atoms with Crippen LogP contribution in [0.1, 0.15) is 24.8 Å². The SMILES string of the molecule is NCCc1ccc(S(=O)(=O)NC2CC3CCC2O3)cc1. The van der Waals surface area contributed by atoms with Gasteiger partial charge in [0.15, 0.2) is 0 Å². The molecule has 2 aliphatic heterocycles. The summed E-state index contributed by atoms with van der Waals surface area (Å²) in [5.41, 5.74) is 6.53. The molecule has 1 aromatic rings. The lowest BCUT2D eigenvalue weighted by Crippen LogP contribution is -2.41. The van der Waals surface area contributed by atoms with Crippen LogP contribution in [0.4, 0.5) is 0 Å². The van der Waals surface area contributed by atoms with Crippen molar-refractivity contribution in [2.24, 2.45) is 5.73 Å². The summed E-state index contributed by atoms with van der Waals surface area (Å²) < 4.78 is 33.1. The van der Waals surface area contributed by atoms with Gasteiger partial charge in [-0.1, -0.05) is 12.1 Å². The quantitative estimate of drug-likeness (QED) is 0.841. The lowest BCUT2D eigenvalue weighted by atomic mass is 9.96. The Morgan fingerprint density at radius 3 is 2.55 bits per heavy atom. The van der Waals surface area contributed by atoms with Crippen molar-refractivity contribution in [3.8, 4) is 0 Å². The summed E-state index contributed by atoms with van der Waals surface area (Å²) >= 11 is 0. The zero-order chi connectivity index (χ0) is 14.2. The largest absolute Gasteiger partial charge is 0.373 e. The molecule has 6 heteroatoms. The summed E-state index contributed by atoms with van der Waals surface area (Å²) in [5.74, 6) is 0. The van der Waals surface area contributed by atoms with Crippen molar-refractivity contribution in [1.29, 1.82) is 0 Å². The Bertz CT molecular complexity index is 571. The first-order chi connectivity index (χ1) is 9.58. The third kappa shape index (κ3) is 2.74. The summed E-state index contributed by atoms with van der Waals surface area (Å²) in [5, 5.41) is 0. The van der Waals surface area contributed by atoms with Crippen molar-refractivity contribution < 1.29 is 13.2 Å². The van der Waals surface area contributed by atoms with Gasteiger partial charge in [0.1, 0.15) is 0 Å². The van der Waals surface area contributed by atoms with Crippen molar-refractivity contribution in [3.05, 3.63) is 29.8 Å². The van der Waals surface area contributed by atoms with E-state index in [4.69, 9.17) is 10.5 Å². The number of benzene rings is 1. The number of nitrogens with two attached hydrogens (primary N) is 1. The van der Waals surface area contributed by atoms with E-state index in [1.165, 1.54) is 0 Å². The number of sulfonamides is 1. The van der Waals surface area contributed by atoms with Crippen LogP contribution in [-0.2, 0) is 21.2 Å². The van der Waals surface area contributed by atoms with Gasteiger partial charge in [-0.3, -0.25) is 0 Å². The fraction of sp³-hybridized carbons (Fsp3) is 0.571. The van der Waals surface area contributed by atoms with Gasteiger partial charge in [0.2, 0.25) is 10.0 Å². The number of nitrogens with one attached hydrogen (secondary N) is 1. The first-order valence-corrected chi connectivity index (χ1v) is 8.53. The number of ether oxygens (including phenoxy) is 1. The summed E-state index contributed by atoms with van der Waals surface area (Å²) in [6, 6.07) is 6.84. The van der Waals surface area contributed by atoms with Gasteiger partial charge in [0.05, 0.1) is 23.1 Å². The number of hydrogen-bond donors (Lipinski definition) is 2. The average Bonchev–Trinajstić information content (AvgIpc) is 3.01. The Kier molecular flexibility index (Phi) is 3.81. The van der Waals surface area contributed by atoms with Gasteiger partial charge >= 0.3 is 0 Å². The molecule has 3 unspecified atom stereocenters. The first kappa shape index (κ1) is 14.0. The molecule has 3 rings (SSSR count). The van der Waals surface area contributed by atoms with Crippen molar-refractivity contribution in [2.45, 2.75) is 48.8 Å². The molecule has 5 nitrogen and oxygen atoms in total. The molecular weight excluding hydrogens is 276 g/mol. The smallest absolute Gasteiger partial charge is 0.240 e. The van der Waals surface area contributed by atoms with Gasteiger partial charge in [0, 0.05) is 0 Å². The van der Waals surface area contributed by atoms with E-state index in [9.17, 15) is 8.42 Å². The van der Waals surface area contributed by atoms with Gasteiger partial charge in [-0.15, -0.1) is 0 Å². The van der Waals surface area contributed by atoms with Crippen molar-refractivity contribution in [2.75, 3.05) is 6.54 Å². The zero-order valence-electron chi connectivity index (χ0n) is 11.3. The molecule has 20 heavy (non-hydrogen) atoms. The van der Waals surface area contributed by atoms with Crippen LogP contribution in [0.2, 0.25) is 0 Å². The van der Waals surface area contributed by atoms with Gasteiger partial charge < -0.3 is 10.5 Å². The van der Waals surface area contributed by atoms with Crippen LogP contribution in [-0.4, -0.2) is 33.2 Å². The van der Waals surface area contributed by atoms with E-state index in [0.717, 1.165) is 31.2 Å². The van der Waals surface area contributed by atoms with Gasteiger partial charge in [0.25, 0.3) is 0 Å². The van der Waals surface area contributed by atoms with Crippen molar-refractivity contribution in [1.82, 2.24) is 4.72 Å². The van der Waals surface area contributed by atoms with Crippen molar-refractivity contribution >= 4 is 10.0 Å². The minimum absolute atomic E-state index is 0.0475. The molecule has 2 saturated heterocycles. The minimum Gasteiger partial charge on any atom is -0.373 e. The maximum absolute atomic E-state index is 12.3. The minimum atomic E-state index is -3.46. The van der Waals surface area contributed by atoms with Crippen LogP contribution in [0.3, 0.4) is 0 Å². The highest BCUT2D eigenvalue weighted by Crippen LogP contribution is 2.35. The molecule has 0 amide bonds. The third-order valence-corrected chi connectivity index (χ3v) is 5.59. The van der Waals surface area contributed by atoms with Crippen LogP contribution >= 0.6 is 0 Å². The summed E-state index contributed by atoms with van der Waals surface area (Å²) in [6.45, 7) is 0.562. The van der Waals surface area contributed by atoms with E-state index in [0.29, 0.717) is 11.4 Å². The lowest BCUT2D eigenvalue weighted by Gasteiger charge is -2.20. The number of fused-ring (bicyclic) bond motifs is 2. The van der Waals surface area contributed by atoms with Crippen LogP contribution in [0.25, 0.3) is 0 Å². The summed E-state index contributed by atoms with van der Waals surface area (Å²) in [4.78, 5) is 0.307. The highest BCUT2D eigenvalue weighted by atomic mass is 32.2. The highest BCUT2D eigenvalue weighted by Gasteiger charge is 2.42. The summed E-state index contributed by atoms with van der Waals surface area (Å²) in [7, 11) is -3.46. The molecule has 2 bridgehead atoms. The molecule has 0 radical (unpaired) electrons. The van der Waals surface area contributed by atoms with Gasteiger partial charge in [-0.25, -0.2) is 13.1 Å². The number of rotatable bonds is 5. The second-order valence-electron chi connectivity index (χ2n) is 5.52. The average molecular weight is 296 g/mol. The zero-order valence-corrected chi connectivity index (χ0v) is 12.1. The van der Waals surface area contributed by atoms with Gasteiger partial charge in [-0.2, -0.15) is 0 Å². The molecule has 3 N–H and O–H groups in total. The predicted molar refractivity (Wildman–Crippen MR) is 75.8 cm³/mol. The molecule has 110 valence electrons. The molecular formula is C14H20N2O3S. The summed E-state index contributed by atoms with van der Waals surface area (Å²) in [6.07, 6.45) is 3.83. The first-order valence-electron chi connectivity index (χ1n) is 7.05. The molecule has 2 aliphatic rings. The number of hydrogen-bond acceptors (Lipinski definition) is 4. The molecule has 3 atom stereocenters. The Balaban J connectivity index is 1.71. The van der Waals surface area contributed by atoms with E-state index in [1.54, 1.807) is 12.1 Å². The standard InChI is InChI=1S/C14H20N2O3S/c15-8-7-10-1-4-12(5-2-10)20(17,18)16-13-9-11-3-6-14(13)19-11/h1-2,4-5,11,13-14,16H,3,6-9,15H2. The third-order valence-electron chi connectivity index (χ3n) is 4.08. The predicted octanol–water partition coefficient (Wildman–Crippen LogP) is 0.786. The molecule has 0 spiro atoms. The van der Waals surface area contributed by atoms with Crippen molar-refractivity contribution in [3.63, 3.8) is 0 Å². The molecule has 0 aliphatic carbocycles. The molecule has 2 heterocycles. The van der Waals surface area contributed by atoms with E-state index < -0.39 is 10.0 Å². The van der Waals surface area contributed by atoms with E-state index in [-0.39, 0.29) is 18.2 Å². The van der Waals surface area contributed by atoms with E-state index in [1.807, 2.05) is 12.1 Å². The second kappa shape index (κ2) is 5.44. The fourth-order valence-electron chi connectivity index (χ4n) is 3.03. The van der Waals surface area contributed by atoms with E-state index >= 15 is 0 Å². The van der Waals surface area contributed by atoms with E-state index in [2.05, 4.69) is 4.72 Å². The van der Waals surface area contributed by atoms with Gasteiger partial charge in [-0.05, 0) is 49.9 Å². The normalized spacial score (nSPS) is 28.9. The lowest BCUT2D eigenvalue weighted by molar-refractivity contribution is 0.0996. The second-order valence-corrected chi connectivity index (χ2v) is 7.23. The van der Waals surface area contributed by atoms with Crippen LogP contribution in [0.15, 0.2) is 29.2 Å². The fourth-order valence-corrected chi connectivity index (χ4v) is 4.31. The Hall–Kier alpha value is -0.950. The van der Waals surface area contributed by atoms with Crippen LogP contribution < -0.4 is 10.5 Å². The Morgan fingerprint density at radius 1 is 1.25 bits per heavy atom. The van der Waals surface area contributed by atoms with Crippen LogP contribution in [0, 0.1) is 0 Å². The topological polar surface area (TPSA) is 81.4 Å².